The number of hydrogen-bond acceptors (Lipinski definition) is 8. The van der Waals surface area contributed by atoms with E-state index in [4.69, 9.17) is 10.5 Å². The van der Waals surface area contributed by atoms with E-state index in [1.54, 1.807) is 35.6 Å². The van der Waals surface area contributed by atoms with Crippen molar-refractivity contribution in [2.75, 3.05) is 11.9 Å². The standard InChI is InChI=1S/C34H31N5O5S/c35-18-20-4-6-22(7-5-20)37-31(40)25-16-26-28(44-14-10-21-11-15-45-30(21)26)17-24(25)23-8-9-27(38-29(23)33(42)43)32(41)39-34(19-36)12-2-1-3-13-34/h4-9,11,15-17H,1-3,10,12-14,18,35H2,(H,37,40)(H,39,41)(H,42,43). The number of fused-ring (bicyclic) bond motifs is 3. The Kier molecular flexibility index (Phi) is 8.34. The normalized spacial score (nSPS) is 14.9. The first-order chi connectivity index (χ1) is 21.8. The van der Waals surface area contributed by atoms with Crippen LogP contribution in [0.5, 0.6) is 5.75 Å². The fourth-order valence-corrected chi connectivity index (χ4v) is 6.89. The Balaban J connectivity index is 1.44. The second-order valence-corrected chi connectivity index (χ2v) is 12.1. The smallest absolute Gasteiger partial charge is 0.355 e. The summed E-state index contributed by atoms with van der Waals surface area (Å²) >= 11 is 1.54. The number of thiophene rings is 1. The van der Waals surface area contributed by atoms with E-state index in [-0.39, 0.29) is 16.8 Å². The van der Waals surface area contributed by atoms with Gasteiger partial charge in [0.05, 0.1) is 12.7 Å². The topological polar surface area (TPSA) is 167 Å². The van der Waals surface area contributed by atoms with E-state index in [0.29, 0.717) is 49.4 Å². The maximum Gasteiger partial charge on any atom is 0.355 e. The van der Waals surface area contributed by atoms with Crippen LogP contribution in [0.3, 0.4) is 0 Å². The molecule has 5 N–H and O–H groups in total. The second-order valence-electron chi connectivity index (χ2n) is 11.2. The number of pyridine rings is 1. The minimum Gasteiger partial charge on any atom is -0.493 e. The van der Waals surface area contributed by atoms with Crippen LogP contribution in [0.4, 0.5) is 5.69 Å². The molecule has 45 heavy (non-hydrogen) atoms. The third-order valence-corrected chi connectivity index (χ3v) is 9.32. The largest absolute Gasteiger partial charge is 0.493 e. The van der Waals surface area contributed by atoms with Crippen LogP contribution >= 0.6 is 11.3 Å². The van der Waals surface area contributed by atoms with Gasteiger partial charge < -0.3 is 26.2 Å². The van der Waals surface area contributed by atoms with Gasteiger partial charge in [-0.2, -0.15) is 5.26 Å². The highest BCUT2D eigenvalue weighted by molar-refractivity contribution is 7.13. The number of nitrogens with zero attached hydrogens (tertiary/aromatic N) is 2. The number of hydrogen-bond donors (Lipinski definition) is 4. The fraction of sp³-hybridized carbons (Fsp3) is 0.265. The number of ether oxygens (including phenoxy) is 1. The number of nitrogens with two attached hydrogens (primary N) is 1. The number of rotatable bonds is 7. The van der Waals surface area contributed by atoms with Crippen molar-refractivity contribution in [3.63, 3.8) is 0 Å². The lowest BCUT2D eigenvalue weighted by molar-refractivity contribution is 0.0691. The van der Waals surface area contributed by atoms with Gasteiger partial charge in [0.25, 0.3) is 11.8 Å². The molecule has 2 aliphatic rings. The Bertz CT molecular complexity index is 1840. The molecule has 2 amide bonds. The van der Waals surface area contributed by atoms with Crippen LogP contribution < -0.4 is 21.1 Å². The van der Waals surface area contributed by atoms with Gasteiger partial charge >= 0.3 is 5.97 Å². The summed E-state index contributed by atoms with van der Waals surface area (Å²) in [5.74, 6) is -1.93. The van der Waals surface area contributed by atoms with Crippen LogP contribution in [0.15, 0.2) is 60.0 Å². The minimum absolute atomic E-state index is 0.128. The summed E-state index contributed by atoms with van der Waals surface area (Å²) in [5.41, 5.74) is 8.14. The molecule has 1 saturated carbocycles. The Morgan fingerprint density at radius 3 is 2.49 bits per heavy atom. The second kappa shape index (κ2) is 12.5. The molecule has 0 radical (unpaired) electrons. The van der Waals surface area contributed by atoms with Gasteiger partial charge in [0.1, 0.15) is 17.0 Å². The Morgan fingerprint density at radius 1 is 1.00 bits per heavy atom. The van der Waals surface area contributed by atoms with Gasteiger partial charge in [-0.25, -0.2) is 9.78 Å². The van der Waals surface area contributed by atoms with E-state index in [1.165, 1.54) is 12.1 Å². The monoisotopic (exact) mass is 621 g/mol. The van der Waals surface area contributed by atoms with E-state index in [1.807, 2.05) is 23.6 Å². The number of nitrogens with one attached hydrogen (secondary N) is 2. The van der Waals surface area contributed by atoms with Crippen molar-refractivity contribution < 1.29 is 24.2 Å². The van der Waals surface area contributed by atoms with Crippen molar-refractivity contribution in [1.82, 2.24) is 10.3 Å². The van der Waals surface area contributed by atoms with Gasteiger partial charge in [-0.15, -0.1) is 11.3 Å². The lowest BCUT2D eigenvalue weighted by Gasteiger charge is -2.31. The van der Waals surface area contributed by atoms with Crippen LogP contribution in [-0.4, -0.2) is 40.0 Å². The fourth-order valence-electron chi connectivity index (χ4n) is 5.92. The molecule has 1 fully saturated rings. The van der Waals surface area contributed by atoms with E-state index in [2.05, 4.69) is 21.7 Å². The zero-order valence-electron chi connectivity index (χ0n) is 24.4. The Morgan fingerprint density at radius 2 is 1.78 bits per heavy atom. The molecule has 11 heteroatoms. The number of carboxylic acids is 1. The quantitative estimate of drug-likeness (QED) is 0.201. The summed E-state index contributed by atoms with van der Waals surface area (Å²) in [4.78, 5) is 44.9. The van der Waals surface area contributed by atoms with Gasteiger partial charge in [-0.05, 0) is 71.8 Å². The number of amides is 2. The van der Waals surface area contributed by atoms with E-state index in [0.717, 1.165) is 40.8 Å². The predicted octanol–water partition coefficient (Wildman–Crippen LogP) is 5.78. The Labute approximate surface area is 263 Å². The number of carboxylic acid groups (broad SMARTS) is 1. The van der Waals surface area contributed by atoms with E-state index >= 15 is 0 Å². The first kappa shape index (κ1) is 30.0. The number of carbonyl (C=O) groups excluding carboxylic acids is 2. The average molecular weight is 622 g/mol. The van der Waals surface area contributed by atoms with Crippen molar-refractivity contribution in [3.8, 4) is 33.4 Å². The zero-order valence-corrected chi connectivity index (χ0v) is 25.2. The maximum atomic E-state index is 13.9. The number of carbonyl (C=O) groups is 3. The highest BCUT2D eigenvalue weighted by Gasteiger charge is 2.35. The van der Waals surface area contributed by atoms with Crippen LogP contribution in [0.2, 0.25) is 0 Å². The highest BCUT2D eigenvalue weighted by Crippen LogP contribution is 2.43. The van der Waals surface area contributed by atoms with Gasteiger partial charge in [-0.1, -0.05) is 31.4 Å². The number of aromatic nitrogens is 1. The molecule has 0 bridgehead atoms. The first-order valence-corrected chi connectivity index (χ1v) is 15.7. The summed E-state index contributed by atoms with van der Waals surface area (Å²) in [7, 11) is 0. The zero-order chi connectivity index (χ0) is 31.6. The number of anilines is 1. The molecule has 10 nitrogen and oxygen atoms in total. The van der Waals surface area contributed by atoms with Crippen LogP contribution in [0.25, 0.3) is 21.6 Å². The number of benzene rings is 2. The minimum atomic E-state index is -1.37. The van der Waals surface area contributed by atoms with Gasteiger partial charge in [-0.3, -0.25) is 9.59 Å². The van der Waals surface area contributed by atoms with Crippen LogP contribution in [0.1, 0.15) is 74.6 Å². The van der Waals surface area contributed by atoms with E-state index < -0.39 is 29.0 Å². The third-order valence-electron chi connectivity index (χ3n) is 8.33. The van der Waals surface area contributed by atoms with Gasteiger partial charge in [0.15, 0.2) is 5.69 Å². The van der Waals surface area contributed by atoms with Gasteiger partial charge in [0.2, 0.25) is 0 Å². The first-order valence-electron chi connectivity index (χ1n) is 14.8. The van der Waals surface area contributed by atoms with Crippen LogP contribution in [0, 0.1) is 11.3 Å². The lowest BCUT2D eigenvalue weighted by atomic mass is 9.83. The molecule has 228 valence electrons. The van der Waals surface area contributed by atoms with E-state index in [9.17, 15) is 24.8 Å². The van der Waals surface area contributed by atoms with Crippen molar-refractivity contribution in [3.05, 3.63) is 88.1 Å². The molecule has 2 aromatic heterocycles. The molecule has 0 spiro atoms. The predicted molar refractivity (Wildman–Crippen MR) is 170 cm³/mol. The summed E-state index contributed by atoms with van der Waals surface area (Å²) in [6, 6.07) is 17.7. The molecule has 0 saturated heterocycles. The molecule has 1 aliphatic heterocycles. The molecule has 2 aromatic carbocycles. The molecule has 1 aliphatic carbocycles. The molecule has 3 heterocycles. The average Bonchev–Trinajstić information content (AvgIpc) is 3.46. The number of aromatic carboxylic acids is 1. The lowest BCUT2D eigenvalue weighted by Crippen LogP contribution is -2.48. The Hall–Kier alpha value is -5.05. The SMILES string of the molecule is N#CC1(NC(=O)c2ccc(-c3cc4c(cc3C(=O)Nc3ccc(CN)cc3)-c3sccc3CCO4)c(C(=O)O)n2)CCCCC1. The number of nitriles is 1. The van der Waals surface area contributed by atoms with Crippen molar-refractivity contribution in [1.29, 1.82) is 5.26 Å². The molecule has 0 atom stereocenters. The summed E-state index contributed by atoms with van der Waals surface area (Å²) in [5, 5.41) is 27.8. The summed E-state index contributed by atoms with van der Waals surface area (Å²) in [6.45, 7) is 0.780. The maximum absolute atomic E-state index is 13.9. The summed E-state index contributed by atoms with van der Waals surface area (Å²) in [6.07, 6.45) is 4.35. The molecule has 4 aromatic rings. The molecular weight excluding hydrogens is 590 g/mol. The molecule has 0 unspecified atom stereocenters. The molecule has 6 rings (SSSR count). The molecular formula is C34H31N5O5S. The third kappa shape index (κ3) is 6.02. The van der Waals surface area contributed by atoms with Crippen molar-refractivity contribution >= 4 is 34.8 Å². The van der Waals surface area contributed by atoms with Crippen molar-refractivity contribution in [2.45, 2.75) is 50.6 Å². The van der Waals surface area contributed by atoms with Gasteiger partial charge in [0, 0.05) is 45.8 Å². The van der Waals surface area contributed by atoms with Crippen LogP contribution in [-0.2, 0) is 13.0 Å². The van der Waals surface area contributed by atoms with Crippen molar-refractivity contribution in [2.24, 2.45) is 5.73 Å². The summed E-state index contributed by atoms with van der Waals surface area (Å²) < 4.78 is 6.10. The highest BCUT2D eigenvalue weighted by atomic mass is 32.1.